The first-order chi connectivity index (χ1) is 14.4. The van der Waals surface area contributed by atoms with Crippen LogP contribution in [0.15, 0.2) is 107 Å². The molecule has 2 atom stereocenters. The van der Waals surface area contributed by atoms with Crippen molar-refractivity contribution in [3.05, 3.63) is 109 Å². The SMILES string of the molecule is C1=CNC(C2=CC=CC(c3ccc4oc5c6ccccc6ccc5c4c3)N2)C=C1. The van der Waals surface area contributed by atoms with Crippen LogP contribution in [0.2, 0.25) is 0 Å². The number of hydrogen-bond donors (Lipinski definition) is 2. The van der Waals surface area contributed by atoms with Crippen molar-refractivity contribution in [1.82, 2.24) is 10.6 Å². The van der Waals surface area contributed by atoms with Crippen LogP contribution >= 0.6 is 0 Å². The molecule has 0 saturated carbocycles. The molecule has 4 aromatic rings. The molecule has 0 radical (unpaired) electrons. The van der Waals surface area contributed by atoms with Gasteiger partial charge in [0.1, 0.15) is 11.2 Å². The zero-order valence-corrected chi connectivity index (χ0v) is 15.8. The van der Waals surface area contributed by atoms with Crippen molar-refractivity contribution < 1.29 is 4.42 Å². The lowest BCUT2D eigenvalue weighted by atomic mass is 9.98. The average Bonchev–Trinajstić information content (AvgIpc) is 3.18. The van der Waals surface area contributed by atoms with Crippen LogP contribution in [0.1, 0.15) is 11.6 Å². The highest BCUT2D eigenvalue weighted by atomic mass is 16.3. The van der Waals surface area contributed by atoms with Crippen LogP contribution in [0, 0.1) is 0 Å². The Morgan fingerprint density at radius 3 is 2.62 bits per heavy atom. The molecule has 3 heterocycles. The summed E-state index contributed by atoms with van der Waals surface area (Å²) in [5, 5.41) is 11.7. The minimum Gasteiger partial charge on any atom is -0.455 e. The van der Waals surface area contributed by atoms with Crippen LogP contribution in [0.5, 0.6) is 0 Å². The third kappa shape index (κ3) is 2.66. The van der Waals surface area contributed by atoms with Gasteiger partial charge in [-0.3, -0.25) is 0 Å². The van der Waals surface area contributed by atoms with Crippen LogP contribution in [-0.2, 0) is 0 Å². The summed E-state index contributed by atoms with van der Waals surface area (Å²) >= 11 is 0. The Bertz CT molecular complexity index is 1370. The van der Waals surface area contributed by atoms with Crippen molar-refractivity contribution >= 4 is 32.7 Å². The van der Waals surface area contributed by atoms with E-state index in [1.54, 1.807) is 0 Å². The van der Waals surface area contributed by atoms with Gasteiger partial charge in [-0.25, -0.2) is 0 Å². The first kappa shape index (κ1) is 16.3. The maximum atomic E-state index is 6.25. The predicted molar refractivity (Wildman–Crippen MR) is 120 cm³/mol. The summed E-state index contributed by atoms with van der Waals surface area (Å²) in [6, 6.07) is 19.5. The zero-order valence-electron chi connectivity index (χ0n) is 15.8. The first-order valence-electron chi connectivity index (χ1n) is 9.95. The van der Waals surface area contributed by atoms with Crippen LogP contribution < -0.4 is 10.6 Å². The Morgan fingerprint density at radius 2 is 1.69 bits per heavy atom. The molecular formula is C26H20N2O. The highest BCUT2D eigenvalue weighted by molar-refractivity contribution is 6.15. The second-order valence-corrected chi connectivity index (χ2v) is 7.54. The molecule has 140 valence electrons. The molecule has 0 amide bonds. The monoisotopic (exact) mass is 376 g/mol. The van der Waals surface area contributed by atoms with Crippen molar-refractivity contribution in [1.29, 1.82) is 0 Å². The third-order valence-electron chi connectivity index (χ3n) is 5.77. The van der Waals surface area contributed by atoms with E-state index >= 15 is 0 Å². The molecule has 3 heteroatoms. The molecule has 2 aliphatic rings. The van der Waals surface area contributed by atoms with Crippen LogP contribution in [0.3, 0.4) is 0 Å². The lowest BCUT2D eigenvalue weighted by molar-refractivity contribution is 0.627. The van der Waals surface area contributed by atoms with Gasteiger partial charge in [0, 0.05) is 21.9 Å². The largest absolute Gasteiger partial charge is 0.455 e. The molecule has 2 N–H and O–H groups in total. The highest BCUT2D eigenvalue weighted by Crippen LogP contribution is 2.35. The molecule has 0 spiro atoms. The summed E-state index contributed by atoms with van der Waals surface area (Å²) in [5.74, 6) is 0. The number of fused-ring (bicyclic) bond motifs is 5. The van der Waals surface area contributed by atoms with E-state index in [0.29, 0.717) is 0 Å². The lowest BCUT2D eigenvalue weighted by Gasteiger charge is -2.27. The van der Waals surface area contributed by atoms with Crippen LogP contribution in [0.4, 0.5) is 0 Å². The summed E-state index contributed by atoms with van der Waals surface area (Å²) in [7, 11) is 0. The smallest absolute Gasteiger partial charge is 0.143 e. The first-order valence-corrected chi connectivity index (χ1v) is 9.95. The van der Waals surface area contributed by atoms with Crippen molar-refractivity contribution in [2.45, 2.75) is 12.1 Å². The molecule has 2 aliphatic heterocycles. The second kappa shape index (κ2) is 6.42. The Morgan fingerprint density at radius 1 is 0.759 bits per heavy atom. The van der Waals surface area contributed by atoms with Gasteiger partial charge in [0.05, 0.1) is 12.1 Å². The summed E-state index contributed by atoms with van der Waals surface area (Å²) < 4.78 is 6.25. The normalized spacial score (nSPS) is 20.8. The Kier molecular flexibility index (Phi) is 3.60. The van der Waals surface area contributed by atoms with E-state index in [9.17, 15) is 0 Å². The topological polar surface area (TPSA) is 37.2 Å². The van der Waals surface area contributed by atoms with E-state index in [4.69, 9.17) is 4.42 Å². The number of furan rings is 1. The van der Waals surface area contributed by atoms with Crippen molar-refractivity contribution in [3.8, 4) is 0 Å². The summed E-state index contributed by atoms with van der Waals surface area (Å²) in [4.78, 5) is 0. The molecule has 6 rings (SSSR count). The van der Waals surface area contributed by atoms with Gasteiger partial charge < -0.3 is 15.1 Å². The molecule has 0 aliphatic carbocycles. The summed E-state index contributed by atoms with van der Waals surface area (Å²) in [6.07, 6.45) is 14.7. The molecule has 3 nitrogen and oxygen atoms in total. The fourth-order valence-electron chi connectivity index (χ4n) is 4.29. The maximum Gasteiger partial charge on any atom is 0.143 e. The van der Waals surface area contributed by atoms with E-state index in [1.165, 1.54) is 16.6 Å². The maximum absolute atomic E-state index is 6.25. The molecule has 0 bridgehead atoms. The van der Waals surface area contributed by atoms with E-state index < -0.39 is 0 Å². The Labute approximate surface area is 168 Å². The molecule has 3 aromatic carbocycles. The van der Waals surface area contributed by atoms with Crippen LogP contribution in [-0.4, -0.2) is 6.04 Å². The number of hydrogen-bond acceptors (Lipinski definition) is 3. The van der Waals surface area contributed by atoms with Gasteiger partial charge >= 0.3 is 0 Å². The minimum absolute atomic E-state index is 0.130. The third-order valence-corrected chi connectivity index (χ3v) is 5.77. The van der Waals surface area contributed by atoms with Crippen molar-refractivity contribution in [3.63, 3.8) is 0 Å². The summed E-state index contributed by atoms with van der Waals surface area (Å²) in [5.41, 5.74) is 4.29. The lowest BCUT2D eigenvalue weighted by Crippen LogP contribution is -2.35. The molecule has 29 heavy (non-hydrogen) atoms. The van der Waals surface area contributed by atoms with Gasteiger partial charge in [0.25, 0.3) is 0 Å². The van der Waals surface area contributed by atoms with Gasteiger partial charge in [-0.15, -0.1) is 0 Å². The average molecular weight is 376 g/mol. The fraction of sp³-hybridized carbons (Fsp3) is 0.0769. The molecule has 1 aromatic heterocycles. The van der Waals surface area contributed by atoms with Gasteiger partial charge in [-0.1, -0.05) is 60.7 Å². The number of rotatable bonds is 2. The number of benzene rings is 3. The van der Waals surface area contributed by atoms with Gasteiger partial charge in [-0.05, 0) is 47.5 Å². The Balaban J connectivity index is 1.41. The minimum atomic E-state index is 0.130. The molecule has 0 saturated heterocycles. The highest BCUT2D eigenvalue weighted by Gasteiger charge is 2.19. The second-order valence-electron chi connectivity index (χ2n) is 7.54. The molecular weight excluding hydrogens is 356 g/mol. The zero-order chi connectivity index (χ0) is 19.2. The Hall–Kier alpha value is -3.72. The van der Waals surface area contributed by atoms with E-state index in [1.807, 2.05) is 12.3 Å². The summed E-state index contributed by atoms with van der Waals surface area (Å²) in [6.45, 7) is 0. The molecule has 0 fully saturated rings. The van der Waals surface area contributed by atoms with E-state index in [-0.39, 0.29) is 12.1 Å². The van der Waals surface area contributed by atoms with Gasteiger partial charge in [0.15, 0.2) is 0 Å². The standard InChI is InChI=1S/C26H20N2O/c1-2-7-19-17(6-1)11-13-20-21-16-18(12-14-25(21)29-26(19)20)22-9-5-10-24(28-22)23-8-3-4-15-27-23/h1-16,22-23,27-28H. The quantitative estimate of drug-likeness (QED) is 0.460. The number of dihydropyridines is 2. The number of nitrogens with one attached hydrogen (secondary N) is 2. The predicted octanol–water partition coefficient (Wildman–Crippen LogP) is 5.87. The van der Waals surface area contributed by atoms with Crippen molar-refractivity contribution in [2.24, 2.45) is 0 Å². The van der Waals surface area contributed by atoms with Gasteiger partial charge in [-0.2, -0.15) is 0 Å². The van der Waals surface area contributed by atoms with Gasteiger partial charge in [0.2, 0.25) is 0 Å². The molecule has 2 unspecified atom stereocenters. The number of allylic oxidation sites excluding steroid dienone is 4. The van der Waals surface area contributed by atoms with Crippen LogP contribution in [0.25, 0.3) is 32.7 Å². The fourth-order valence-corrected chi connectivity index (χ4v) is 4.29. The van der Waals surface area contributed by atoms with E-state index in [2.05, 4.69) is 95.6 Å². The van der Waals surface area contributed by atoms with E-state index in [0.717, 1.165) is 27.3 Å². The van der Waals surface area contributed by atoms with Crippen molar-refractivity contribution in [2.75, 3.05) is 0 Å².